The van der Waals surface area contributed by atoms with Gasteiger partial charge in [0.05, 0.1) is 19.6 Å². The normalized spacial score (nSPS) is 10.0. The summed E-state index contributed by atoms with van der Waals surface area (Å²) in [6.07, 6.45) is 3.25. The Morgan fingerprint density at radius 2 is 1.94 bits per heavy atom. The molecule has 1 aromatic rings. The summed E-state index contributed by atoms with van der Waals surface area (Å²) < 4.78 is 4.47. The Balaban J connectivity index is 2.62. The van der Waals surface area contributed by atoms with Crippen molar-refractivity contribution in [3.63, 3.8) is 0 Å². The van der Waals surface area contributed by atoms with Crippen molar-refractivity contribution in [3.8, 4) is 6.07 Å². The molecule has 0 aliphatic carbocycles. The number of allylic oxidation sites excluding steroid dienone is 1. The van der Waals surface area contributed by atoms with Crippen LogP contribution in [0.1, 0.15) is 28.8 Å². The first kappa shape index (κ1) is 13.7. The molecule has 0 saturated heterocycles. The minimum absolute atomic E-state index is 0.0887. The maximum atomic E-state index is 11.7. The van der Waals surface area contributed by atoms with E-state index >= 15 is 0 Å². The minimum atomic E-state index is -0.392. The zero-order valence-electron chi connectivity index (χ0n) is 10.1. The molecule has 4 nitrogen and oxygen atoms in total. The van der Waals surface area contributed by atoms with Gasteiger partial charge in [0.15, 0.2) is 5.78 Å². The number of rotatable bonds is 5. The summed E-state index contributed by atoms with van der Waals surface area (Å²) in [6.45, 7) is 0. The Morgan fingerprint density at radius 1 is 1.28 bits per heavy atom. The summed E-state index contributed by atoms with van der Waals surface area (Å²) in [5, 5.41) is 8.38. The first-order valence-electron chi connectivity index (χ1n) is 5.43. The molecule has 0 radical (unpaired) electrons. The summed E-state index contributed by atoms with van der Waals surface area (Å²) in [6, 6.07) is 8.75. The predicted octanol–water partition coefficient (Wildman–Crippen LogP) is 2.36. The molecule has 0 fully saturated rings. The van der Waals surface area contributed by atoms with E-state index in [1.807, 2.05) is 6.07 Å². The molecule has 0 atom stereocenters. The molecule has 18 heavy (non-hydrogen) atoms. The van der Waals surface area contributed by atoms with Gasteiger partial charge in [-0.05, 0) is 11.6 Å². The Labute approximate surface area is 105 Å². The van der Waals surface area contributed by atoms with Crippen molar-refractivity contribution < 1.29 is 14.3 Å². The van der Waals surface area contributed by atoms with Crippen molar-refractivity contribution in [3.05, 3.63) is 41.5 Å². The molecule has 0 bridgehead atoms. The molecule has 92 valence electrons. The van der Waals surface area contributed by atoms with Gasteiger partial charge in [-0.15, -0.1) is 0 Å². The average Bonchev–Trinajstić information content (AvgIpc) is 2.42. The van der Waals surface area contributed by atoms with Crippen LogP contribution in [0.3, 0.4) is 0 Å². The summed E-state index contributed by atoms with van der Waals surface area (Å²) in [5.74, 6) is -0.492. The van der Waals surface area contributed by atoms with Gasteiger partial charge in [0.25, 0.3) is 0 Å². The van der Waals surface area contributed by atoms with Crippen LogP contribution < -0.4 is 0 Å². The maximum absolute atomic E-state index is 11.7. The van der Waals surface area contributed by atoms with E-state index in [2.05, 4.69) is 4.74 Å². The number of methoxy groups -OCH3 is 1. The van der Waals surface area contributed by atoms with E-state index < -0.39 is 5.97 Å². The molecular weight excluding hydrogens is 230 g/mol. The van der Waals surface area contributed by atoms with Crippen LogP contribution in [-0.2, 0) is 9.53 Å². The second-order valence-electron chi connectivity index (χ2n) is 3.58. The molecule has 4 heteroatoms. The quantitative estimate of drug-likeness (QED) is 0.452. The Hall–Kier alpha value is -2.41. The van der Waals surface area contributed by atoms with E-state index in [0.29, 0.717) is 5.56 Å². The summed E-state index contributed by atoms with van der Waals surface area (Å²) in [4.78, 5) is 22.6. The van der Waals surface area contributed by atoms with Crippen LogP contribution in [-0.4, -0.2) is 18.9 Å². The van der Waals surface area contributed by atoms with Crippen molar-refractivity contribution in [1.29, 1.82) is 5.26 Å². The molecule has 1 aromatic carbocycles. The highest BCUT2D eigenvalue weighted by Crippen LogP contribution is 2.09. The van der Waals surface area contributed by atoms with Gasteiger partial charge >= 0.3 is 5.97 Å². The second-order valence-corrected chi connectivity index (χ2v) is 3.58. The molecule has 0 spiro atoms. The third kappa shape index (κ3) is 4.22. The SMILES string of the molecule is COC(=O)CCC(=O)c1ccc(C=CC#N)cc1. The van der Waals surface area contributed by atoms with Gasteiger partial charge in [-0.1, -0.05) is 24.3 Å². The van der Waals surface area contributed by atoms with Crippen LogP contribution in [0.5, 0.6) is 0 Å². The first-order valence-corrected chi connectivity index (χ1v) is 5.43. The number of carbonyl (C=O) groups excluding carboxylic acids is 2. The van der Waals surface area contributed by atoms with E-state index in [4.69, 9.17) is 5.26 Å². The zero-order chi connectivity index (χ0) is 13.4. The number of nitriles is 1. The number of ketones is 1. The highest BCUT2D eigenvalue weighted by Gasteiger charge is 2.08. The molecule has 0 N–H and O–H groups in total. The second kappa shape index (κ2) is 7.02. The number of hydrogen-bond donors (Lipinski definition) is 0. The van der Waals surface area contributed by atoms with Crippen LogP contribution in [0.25, 0.3) is 6.08 Å². The van der Waals surface area contributed by atoms with Crippen molar-refractivity contribution in [2.24, 2.45) is 0 Å². The lowest BCUT2D eigenvalue weighted by molar-refractivity contribution is -0.140. The van der Waals surface area contributed by atoms with Gasteiger partial charge in [-0.25, -0.2) is 0 Å². The van der Waals surface area contributed by atoms with Crippen LogP contribution in [0.4, 0.5) is 0 Å². The third-order valence-electron chi connectivity index (χ3n) is 2.37. The Bertz CT molecular complexity index is 495. The van der Waals surface area contributed by atoms with Crippen molar-refractivity contribution in [1.82, 2.24) is 0 Å². The Morgan fingerprint density at radius 3 is 2.50 bits per heavy atom. The molecule has 0 aliphatic rings. The fraction of sp³-hybridized carbons (Fsp3) is 0.214. The highest BCUT2D eigenvalue weighted by atomic mass is 16.5. The summed E-state index contributed by atoms with van der Waals surface area (Å²) >= 11 is 0. The van der Waals surface area contributed by atoms with E-state index in [1.165, 1.54) is 13.2 Å². The molecule has 0 saturated carbocycles. The number of ether oxygens (including phenoxy) is 1. The number of esters is 1. The van der Waals surface area contributed by atoms with Gasteiger partial charge in [-0.3, -0.25) is 9.59 Å². The van der Waals surface area contributed by atoms with Crippen molar-refractivity contribution in [2.45, 2.75) is 12.8 Å². The fourth-order valence-electron chi connectivity index (χ4n) is 1.38. The Kier molecular flexibility index (Phi) is 5.33. The standard InChI is InChI=1S/C14H13NO3/c1-18-14(17)9-8-13(16)12-6-4-11(5-7-12)3-2-10-15/h2-7H,8-9H2,1H3. The molecule has 0 amide bonds. The minimum Gasteiger partial charge on any atom is -0.469 e. The van der Waals surface area contributed by atoms with Gasteiger partial charge < -0.3 is 4.74 Å². The highest BCUT2D eigenvalue weighted by molar-refractivity contribution is 5.97. The zero-order valence-corrected chi connectivity index (χ0v) is 10.1. The summed E-state index contributed by atoms with van der Waals surface area (Å²) in [5.41, 5.74) is 1.40. The lowest BCUT2D eigenvalue weighted by Crippen LogP contribution is -2.05. The lowest BCUT2D eigenvalue weighted by Gasteiger charge is -2.01. The lowest BCUT2D eigenvalue weighted by atomic mass is 10.0. The van der Waals surface area contributed by atoms with E-state index in [0.717, 1.165) is 5.56 Å². The number of nitrogens with zero attached hydrogens (tertiary/aromatic N) is 1. The molecule has 1 rings (SSSR count). The third-order valence-corrected chi connectivity index (χ3v) is 2.37. The fourth-order valence-corrected chi connectivity index (χ4v) is 1.38. The first-order chi connectivity index (χ1) is 8.67. The van der Waals surface area contributed by atoms with Crippen LogP contribution in [0.15, 0.2) is 30.3 Å². The van der Waals surface area contributed by atoms with Gasteiger partial charge in [0, 0.05) is 18.1 Å². The number of hydrogen-bond acceptors (Lipinski definition) is 4. The average molecular weight is 243 g/mol. The van der Waals surface area contributed by atoms with E-state index in [9.17, 15) is 9.59 Å². The number of benzene rings is 1. The van der Waals surface area contributed by atoms with Crippen molar-refractivity contribution >= 4 is 17.8 Å². The smallest absolute Gasteiger partial charge is 0.305 e. The van der Waals surface area contributed by atoms with E-state index in [-0.39, 0.29) is 18.6 Å². The van der Waals surface area contributed by atoms with E-state index in [1.54, 1.807) is 30.3 Å². The molecule has 0 heterocycles. The molecule has 0 aliphatic heterocycles. The molecular formula is C14H13NO3. The number of Topliss-reactive ketones (excluding diaryl/α,β-unsaturated/α-hetero) is 1. The van der Waals surface area contributed by atoms with Gasteiger partial charge in [-0.2, -0.15) is 5.26 Å². The van der Waals surface area contributed by atoms with Crippen molar-refractivity contribution in [2.75, 3.05) is 7.11 Å². The maximum Gasteiger partial charge on any atom is 0.305 e. The molecule has 0 unspecified atom stereocenters. The monoisotopic (exact) mass is 243 g/mol. The predicted molar refractivity (Wildman–Crippen MR) is 66.7 cm³/mol. The van der Waals surface area contributed by atoms with Gasteiger partial charge in [0.2, 0.25) is 0 Å². The van der Waals surface area contributed by atoms with Crippen LogP contribution >= 0.6 is 0 Å². The molecule has 0 aromatic heterocycles. The topological polar surface area (TPSA) is 67.2 Å². The van der Waals surface area contributed by atoms with Crippen LogP contribution in [0, 0.1) is 11.3 Å². The largest absolute Gasteiger partial charge is 0.469 e. The van der Waals surface area contributed by atoms with Gasteiger partial charge in [0.1, 0.15) is 0 Å². The number of carbonyl (C=O) groups is 2. The van der Waals surface area contributed by atoms with Crippen LogP contribution in [0.2, 0.25) is 0 Å². The summed E-state index contributed by atoms with van der Waals surface area (Å²) in [7, 11) is 1.29.